The predicted molar refractivity (Wildman–Crippen MR) is 200 cm³/mol. The molecule has 0 radical (unpaired) electrons. The molecule has 0 saturated carbocycles. The van der Waals surface area contributed by atoms with E-state index in [1.165, 1.54) is 40.3 Å². The number of hydrogen-bond acceptors (Lipinski definition) is 4. The quantitative estimate of drug-likeness (QED) is 0.194. The summed E-state index contributed by atoms with van der Waals surface area (Å²) < 4.78 is 12.1. The number of thiophene rings is 2. The Morgan fingerprint density at radius 3 is 1.85 bits per heavy atom. The molecule has 0 bridgehead atoms. The van der Waals surface area contributed by atoms with Gasteiger partial charge in [-0.1, -0.05) is 115 Å². The van der Waals surface area contributed by atoms with Crippen molar-refractivity contribution < 1.29 is 4.42 Å². The van der Waals surface area contributed by atoms with Crippen molar-refractivity contribution in [1.82, 2.24) is 0 Å². The third-order valence-electron chi connectivity index (χ3n) is 9.07. The zero-order valence-electron chi connectivity index (χ0n) is 24.6. The maximum absolute atomic E-state index is 6.96. The second kappa shape index (κ2) is 10.0. The summed E-state index contributed by atoms with van der Waals surface area (Å²) in [6.07, 6.45) is 0. The van der Waals surface area contributed by atoms with Gasteiger partial charge in [-0.25, -0.2) is 0 Å². The Kier molecular flexibility index (Phi) is 5.65. The fraction of sp³-hybridized carbons (Fsp3) is 0. The molecule has 0 unspecified atom stereocenters. The highest BCUT2D eigenvalue weighted by molar-refractivity contribution is 7.26. The van der Waals surface area contributed by atoms with Crippen LogP contribution in [-0.4, -0.2) is 0 Å². The van der Waals surface area contributed by atoms with Crippen molar-refractivity contribution in [3.8, 4) is 11.1 Å². The molecule has 0 amide bonds. The van der Waals surface area contributed by atoms with E-state index in [9.17, 15) is 0 Å². The van der Waals surface area contributed by atoms with Crippen molar-refractivity contribution in [2.24, 2.45) is 0 Å². The highest BCUT2D eigenvalue weighted by Crippen LogP contribution is 2.49. The van der Waals surface area contributed by atoms with Crippen LogP contribution >= 0.6 is 22.7 Å². The van der Waals surface area contributed by atoms with E-state index < -0.39 is 0 Å². The highest BCUT2D eigenvalue weighted by atomic mass is 32.1. The van der Waals surface area contributed by atoms with Crippen molar-refractivity contribution in [3.05, 3.63) is 152 Å². The SMILES string of the molecule is c1ccc(-c2cccc3c2oc2c(N(c4ccc5c(c4)sc4ccccc45)c4cccc5c4sc4ccccc45)cccc23)cc1. The zero-order valence-corrected chi connectivity index (χ0v) is 26.2. The number of nitrogens with zero attached hydrogens (tertiary/aromatic N) is 1. The largest absolute Gasteiger partial charge is 0.453 e. The summed E-state index contributed by atoms with van der Waals surface area (Å²) in [5.41, 5.74) is 7.33. The lowest BCUT2D eigenvalue weighted by molar-refractivity contribution is 0.670. The first kappa shape index (κ1) is 25.9. The van der Waals surface area contributed by atoms with Gasteiger partial charge in [0.15, 0.2) is 5.58 Å². The van der Waals surface area contributed by atoms with Crippen LogP contribution in [0.5, 0.6) is 0 Å². The predicted octanol–water partition coefficient (Wildman–Crippen LogP) is 13.5. The Bertz CT molecular complexity index is 2770. The summed E-state index contributed by atoms with van der Waals surface area (Å²) >= 11 is 3.70. The average Bonchev–Trinajstić information content (AvgIpc) is 3.80. The molecule has 4 heteroatoms. The van der Waals surface area contributed by atoms with Crippen LogP contribution in [0.15, 0.2) is 156 Å². The van der Waals surface area contributed by atoms with E-state index in [1.54, 1.807) is 0 Å². The maximum atomic E-state index is 6.96. The molecule has 7 aromatic carbocycles. The van der Waals surface area contributed by atoms with Crippen LogP contribution in [0.25, 0.3) is 73.4 Å². The van der Waals surface area contributed by atoms with Crippen LogP contribution in [0.2, 0.25) is 0 Å². The van der Waals surface area contributed by atoms with Gasteiger partial charge in [-0.05, 0) is 42.0 Å². The first-order chi connectivity index (χ1) is 22.8. The summed E-state index contributed by atoms with van der Waals surface area (Å²) in [6.45, 7) is 0. The van der Waals surface area contributed by atoms with Gasteiger partial charge in [-0.15, -0.1) is 22.7 Å². The van der Waals surface area contributed by atoms with Crippen molar-refractivity contribution in [1.29, 1.82) is 0 Å². The molecule has 46 heavy (non-hydrogen) atoms. The first-order valence-corrected chi connectivity index (χ1v) is 17.1. The minimum atomic E-state index is 0.885. The van der Waals surface area contributed by atoms with Crippen LogP contribution in [-0.2, 0) is 0 Å². The molecule has 0 spiro atoms. The van der Waals surface area contributed by atoms with Gasteiger partial charge in [0.25, 0.3) is 0 Å². The third-order valence-corrected chi connectivity index (χ3v) is 11.4. The van der Waals surface area contributed by atoms with Gasteiger partial charge >= 0.3 is 0 Å². The Morgan fingerprint density at radius 1 is 0.413 bits per heavy atom. The number of furan rings is 1. The van der Waals surface area contributed by atoms with E-state index in [4.69, 9.17) is 4.42 Å². The molecule has 0 aliphatic rings. The van der Waals surface area contributed by atoms with E-state index in [0.29, 0.717) is 0 Å². The molecule has 0 N–H and O–H groups in total. The molecule has 0 fully saturated rings. The Morgan fingerprint density at radius 2 is 1.02 bits per heavy atom. The van der Waals surface area contributed by atoms with Crippen LogP contribution in [0.3, 0.4) is 0 Å². The van der Waals surface area contributed by atoms with E-state index in [2.05, 4.69) is 157 Å². The number of fused-ring (bicyclic) bond motifs is 9. The summed E-state index contributed by atoms with van der Waals surface area (Å²) in [4.78, 5) is 2.41. The summed E-state index contributed by atoms with van der Waals surface area (Å²) in [5.74, 6) is 0. The third kappa shape index (κ3) is 3.81. The topological polar surface area (TPSA) is 16.4 Å². The van der Waals surface area contributed by atoms with Gasteiger partial charge in [0.2, 0.25) is 0 Å². The zero-order chi connectivity index (χ0) is 30.2. The molecule has 0 atom stereocenters. The van der Waals surface area contributed by atoms with Gasteiger partial charge < -0.3 is 9.32 Å². The summed E-state index contributed by atoms with van der Waals surface area (Å²) in [6, 6.07) is 54.6. The normalized spacial score (nSPS) is 11.9. The maximum Gasteiger partial charge on any atom is 0.159 e. The van der Waals surface area contributed by atoms with E-state index in [-0.39, 0.29) is 0 Å². The van der Waals surface area contributed by atoms with Crippen LogP contribution in [0, 0.1) is 0 Å². The number of hydrogen-bond donors (Lipinski definition) is 0. The lowest BCUT2D eigenvalue weighted by Gasteiger charge is -2.26. The lowest BCUT2D eigenvalue weighted by atomic mass is 10.0. The standard InChI is InChI=1S/C42H25NOS2/c1-2-11-26(12-3-1)28-15-8-16-32-33-17-9-19-35(41(33)44-40(28)32)43(27-23-24-31-29-13-4-6-21-37(29)45-39(31)25-27)36-20-10-18-34-30-14-5-7-22-38(30)46-42(34)36/h1-25H. The molecule has 2 nitrogen and oxygen atoms in total. The van der Waals surface area contributed by atoms with Crippen LogP contribution in [0.1, 0.15) is 0 Å². The molecule has 0 aliphatic carbocycles. The fourth-order valence-electron chi connectivity index (χ4n) is 7.00. The number of benzene rings is 7. The summed E-state index contributed by atoms with van der Waals surface area (Å²) in [7, 11) is 0. The van der Waals surface area contributed by atoms with Gasteiger partial charge in [0.1, 0.15) is 5.58 Å². The lowest BCUT2D eigenvalue weighted by Crippen LogP contribution is -2.10. The molecule has 10 aromatic rings. The van der Waals surface area contributed by atoms with E-state index in [1.807, 2.05) is 22.7 Å². The molecule has 3 aromatic heterocycles. The second-order valence-electron chi connectivity index (χ2n) is 11.7. The van der Waals surface area contributed by atoms with Gasteiger partial charge in [-0.2, -0.15) is 0 Å². The van der Waals surface area contributed by atoms with E-state index >= 15 is 0 Å². The molecule has 216 valence electrons. The minimum absolute atomic E-state index is 0.885. The molecule has 3 heterocycles. The summed E-state index contributed by atoms with van der Waals surface area (Å²) in [5, 5.41) is 7.40. The average molecular weight is 624 g/mol. The van der Waals surface area contributed by atoms with Crippen LogP contribution in [0.4, 0.5) is 17.1 Å². The molecular formula is C42H25NOS2. The van der Waals surface area contributed by atoms with Crippen molar-refractivity contribution >= 4 is 102 Å². The van der Waals surface area contributed by atoms with Crippen molar-refractivity contribution in [2.75, 3.05) is 4.90 Å². The Balaban J connectivity index is 1.28. The number of para-hydroxylation sites is 2. The Labute approximate surface area is 273 Å². The smallest absolute Gasteiger partial charge is 0.159 e. The monoisotopic (exact) mass is 623 g/mol. The van der Waals surface area contributed by atoms with Gasteiger partial charge in [0, 0.05) is 57.7 Å². The molecule has 10 rings (SSSR count). The second-order valence-corrected chi connectivity index (χ2v) is 13.8. The van der Waals surface area contributed by atoms with Crippen LogP contribution < -0.4 is 4.90 Å². The minimum Gasteiger partial charge on any atom is -0.453 e. The molecular weight excluding hydrogens is 599 g/mol. The van der Waals surface area contributed by atoms with Gasteiger partial charge in [0.05, 0.1) is 16.1 Å². The molecule has 0 saturated heterocycles. The number of rotatable bonds is 4. The fourth-order valence-corrected chi connectivity index (χ4v) is 9.34. The highest BCUT2D eigenvalue weighted by Gasteiger charge is 2.23. The molecule has 0 aliphatic heterocycles. The van der Waals surface area contributed by atoms with Crippen molar-refractivity contribution in [2.45, 2.75) is 0 Å². The van der Waals surface area contributed by atoms with E-state index in [0.717, 1.165) is 50.1 Å². The van der Waals surface area contributed by atoms with Crippen molar-refractivity contribution in [3.63, 3.8) is 0 Å². The van der Waals surface area contributed by atoms with Gasteiger partial charge in [-0.3, -0.25) is 0 Å². The number of anilines is 3. The Hall–Kier alpha value is -5.42. The first-order valence-electron chi connectivity index (χ1n) is 15.4.